The quantitative estimate of drug-likeness (QED) is 0.468. The number of hydrogen-bond donors (Lipinski definition) is 2. The van der Waals surface area contributed by atoms with Crippen molar-refractivity contribution in [3.63, 3.8) is 0 Å². The Hall–Kier alpha value is -3.08. The molecule has 1 aromatic heterocycles. The van der Waals surface area contributed by atoms with E-state index in [-0.39, 0.29) is 23.4 Å². The predicted octanol–water partition coefficient (Wildman–Crippen LogP) is 4.43. The second-order valence-electron chi connectivity index (χ2n) is 6.71. The molecule has 27 heavy (non-hydrogen) atoms. The van der Waals surface area contributed by atoms with Crippen molar-refractivity contribution >= 4 is 17.8 Å². The van der Waals surface area contributed by atoms with Crippen LogP contribution in [0, 0.1) is 0 Å². The molecule has 1 saturated carbocycles. The van der Waals surface area contributed by atoms with Gasteiger partial charge in [0.1, 0.15) is 5.82 Å². The third kappa shape index (κ3) is 4.37. The molecule has 0 spiro atoms. The average Bonchev–Trinajstić information content (AvgIpc) is 2.70. The molecule has 2 aromatic rings. The van der Waals surface area contributed by atoms with Gasteiger partial charge >= 0.3 is 0 Å². The van der Waals surface area contributed by atoms with Crippen molar-refractivity contribution in [3.05, 3.63) is 66.4 Å². The highest BCUT2D eigenvalue weighted by Gasteiger charge is 2.28. The lowest BCUT2D eigenvalue weighted by atomic mass is 9.93. The van der Waals surface area contributed by atoms with Gasteiger partial charge in [0, 0.05) is 17.8 Å². The summed E-state index contributed by atoms with van der Waals surface area (Å²) in [5.74, 6) is 0.0447. The number of aromatic nitrogens is 1. The lowest BCUT2D eigenvalue weighted by molar-refractivity contribution is -0.115. The Bertz CT molecular complexity index is 840. The van der Waals surface area contributed by atoms with Gasteiger partial charge in [-0.25, -0.2) is 4.98 Å². The minimum atomic E-state index is -0.228. The minimum absolute atomic E-state index is 0.109. The largest absolute Gasteiger partial charge is 0.504 e. The number of phenolic OH excluding ortho intramolecular Hbond substituents is 2. The Labute approximate surface area is 159 Å². The van der Waals surface area contributed by atoms with Crippen LogP contribution in [0.25, 0.3) is 6.08 Å². The number of aromatic hydroxyl groups is 2. The van der Waals surface area contributed by atoms with E-state index >= 15 is 0 Å². The summed E-state index contributed by atoms with van der Waals surface area (Å²) in [6, 6.07) is 10.1. The van der Waals surface area contributed by atoms with Gasteiger partial charge in [0.05, 0.1) is 0 Å². The zero-order valence-electron chi connectivity index (χ0n) is 15.2. The Morgan fingerprint density at radius 2 is 1.89 bits per heavy atom. The predicted molar refractivity (Wildman–Crippen MR) is 107 cm³/mol. The zero-order valence-corrected chi connectivity index (χ0v) is 15.2. The van der Waals surface area contributed by atoms with Crippen LogP contribution in [0.15, 0.2) is 60.8 Å². The Kier molecular flexibility index (Phi) is 5.91. The van der Waals surface area contributed by atoms with Gasteiger partial charge in [-0.05, 0) is 48.7 Å². The number of pyridine rings is 1. The number of rotatable bonds is 5. The van der Waals surface area contributed by atoms with E-state index in [1.54, 1.807) is 23.2 Å². The van der Waals surface area contributed by atoms with Crippen molar-refractivity contribution < 1.29 is 15.0 Å². The maximum absolute atomic E-state index is 13.4. The van der Waals surface area contributed by atoms with Gasteiger partial charge in [0.2, 0.25) is 0 Å². The van der Waals surface area contributed by atoms with Crippen molar-refractivity contribution in [2.24, 2.45) is 0 Å². The molecule has 2 N–H and O–H groups in total. The van der Waals surface area contributed by atoms with Gasteiger partial charge in [0.15, 0.2) is 11.5 Å². The van der Waals surface area contributed by atoms with Gasteiger partial charge in [-0.3, -0.25) is 9.69 Å². The van der Waals surface area contributed by atoms with Crippen LogP contribution in [0.5, 0.6) is 11.5 Å². The molecule has 1 fully saturated rings. The van der Waals surface area contributed by atoms with Gasteiger partial charge in [0.25, 0.3) is 5.91 Å². The number of carbonyl (C=O) groups is 1. The first-order chi connectivity index (χ1) is 13.1. The van der Waals surface area contributed by atoms with Crippen LogP contribution in [0.4, 0.5) is 5.82 Å². The molecule has 1 heterocycles. The van der Waals surface area contributed by atoms with Gasteiger partial charge in [-0.2, -0.15) is 0 Å². The number of hydrogen-bond acceptors (Lipinski definition) is 4. The standard InChI is InChI=1S/C22H24N2O3/c1-2-17(14-16-11-12-19(25)20(26)15-16)22(27)24(18-8-4-3-5-9-18)21-10-6-7-13-23-21/h2,6-7,10-15,18,25-26H,1,3-5,8-9H2/b17-14+. The fraction of sp³-hybridized carbons (Fsp3) is 0.273. The van der Waals surface area contributed by atoms with E-state index in [4.69, 9.17) is 0 Å². The van der Waals surface area contributed by atoms with Crippen molar-refractivity contribution in [3.8, 4) is 11.5 Å². The molecule has 140 valence electrons. The summed E-state index contributed by atoms with van der Waals surface area (Å²) >= 11 is 0. The Morgan fingerprint density at radius 3 is 2.52 bits per heavy atom. The van der Waals surface area contributed by atoms with E-state index in [1.165, 1.54) is 24.6 Å². The number of anilines is 1. The molecule has 3 rings (SSSR count). The van der Waals surface area contributed by atoms with E-state index in [2.05, 4.69) is 11.6 Å². The number of benzene rings is 1. The number of nitrogens with zero attached hydrogens (tertiary/aromatic N) is 2. The first-order valence-electron chi connectivity index (χ1n) is 9.21. The third-order valence-corrected chi connectivity index (χ3v) is 4.84. The lowest BCUT2D eigenvalue weighted by Gasteiger charge is -2.34. The molecular formula is C22H24N2O3. The summed E-state index contributed by atoms with van der Waals surface area (Å²) in [5.41, 5.74) is 1.02. The maximum Gasteiger partial charge on any atom is 0.259 e. The van der Waals surface area contributed by atoms with Gasteiger partial charge in [-0.15, -0.1) is 0 Å². The van der Waals surface area contributed by atoms with Gasteiger partial charge in [-0.1, -0.05) is 44.1 Å². The summed E-state index contributed by atoms with van der Waals surface area (Å²) in [4.78, 5) is 19.5. The second-order valence-corrected chi connectivity index (χ2v) is 6.71. The Morgan fingerprint density at radius 1 is 1.11 bits per heavy atom. The lowest BCUT2D eigenvalue weighted by Crippen LogP contribution is -2.42. The van der Waals surface area contributed by atoms with Crippen molar-refractivity contribution in [2.75, 3.05) is 4.90 Å². The van der Waals surface area contributed by atoms with E-state index in [1.807, 2.05) is 18.2 Å². The first-order valence-corrected chi connectivity index (χ1v) is 9.21. The monoisotopic (exact) mass is 364 g/mol. The topological polar surface area (TPSA) is 73.7 Å². The number of amides is 1. The molecule has 0 atom stereocenters. The van der Waals surface area contributed by atoms with Crippen LogP contribution in [0.1, 0.15) is 37.7 Å². The van der Waals surface area contributed by atoms with Crippen LogP contribution < -0.4 is 4.90 Å². The van der Waals surface area contributed by atoms with Crippen molar-refractivity contribution in [1.29, 1.82) is 0 Å². The maximum atomic E-state index is 13.4. The third-order valence-electron chi connectivity index (χ3n) is 4.84. The highest BCUT2D eigenvalue weighted by molar-refractivity contribution is 6.10. The molecule has 0 saturated heterocycles. The highest BCUT2D eigenvalue weighted by Crippen LogP contribution is 2.29. The van der Waals surface area contributed by atoms with Crippen LogP contribution in [0.3, 0.4) is 0 Å². The van der Waals surface area contributed by atoms with Crippen LogP contribution in [0.2, 0.25) is 0 Å². The molecule has 5 nitrogen and oxygen atoms in total. The first kappa shape index (κ1) is 18.7. The summed E-state index contributed by atoms with van der Waals surface area (Å²) in [6.07, 6.45) is 10.2. The molecule has 0 radical (unpaired) electrons. The van der Waals surface area contributed by atoms with E-state index in [9.17, 15) is 15.0 Å². The molecule has 0 bridgehead atoms. The summed E-state index contributed by atoms with van der Waals surface area (Å²) in [7, 11) is 0. The fourth-order valence-electron chi connectivity index (χ4n) is 3.45. The molecular weight excluding hydrogens is 340 g/mol. The molecule has 0 aliphatic heterocycles. The summed E-state index contributed by atoms with van der Waals surface area (Å²) in [5, 5.41) is 19.2. The molecule has 1 aromatic carbocycles. The molecule has 1 aliphatic carbocycles. The molecule has 1 aliphatic rings. The zero-order chi connectivity index (χ0) is 19.2. The summed E-state index contributed by atoms with van der Waals surface area (Å²) in [6.45, 7) is 3.79. The van der Waals surface area contributed by atoms with Crippen LogP contribution in [-0.4, -0.2) is 27.1 Å². The SMILES string of the molecule is C=C/C(=C\c1ccc(O)c(O)c1)C(=O)N(c1ccccn1)C1CCCCC1. The van der Waals surface area contributed by atoms with Crippen LogP contribution >= 0.6 is 0 Å². The second kappa shape index (κ2) is 8.54. The van der Waals surface area contributed by atoms with E-state index in [0.717, 1.165) is 25.7 Å². The van der Waals surface area contributed by atoms with E-state index in [0.29, 0.717) is 17.0 Å². The number of carbonyl (C=O) groups excluding carboxylic acids is 1. The van der Waals surface area contributed by atoms with Crippen LogP contribution in [-0.2, 0) is 4.79 Å². The molecule has 1 amide bonds. The molecule has 5 heteroatoms. The van der Waals surface area contributed by atoms with Gasteiger partial charge < -0.3 is 10.2 Å². The highest BCUT2D eigenvalue weighted by atomic mass is 16.3. The fourth-order valence-corrected chi connectivity index (χ4v) is 3.45. The number of phenols is 2. The van der Waals surface area contributed by atoms with E-state index < -0.39 is 0 Å². The Balaban J connectivity index is 1.96. The van der Waals surface area contributed by atoms with Crippen molar-refractivity contribution in [1.82, 2.24) is 4.98 Å². The molecule has 0 unspecified atom stereocenters. The minimum Gasteiger partial charge on any atom is -0.504 e. The summed E-state index contributed by atoms with van der Waals surface area (Å²) < 4.78 is 0. The van der Waals surface area contributed by atoms with Crippen molar-refractivity contribution in [2.45, 2.75) is 38.1 Å². The normalized spacial score (nSPS) is 15.3. The average molecular weight is 364 g/mol. The smallest absolute Gasteiger partial charge is 0.259 e.